The number of carbonyl (C=O) groups excluding carboxylic acids is 4. The van der Waals surface area contributed by atoms with Gasteiger partial charge >= 0.3 is 18.0 Å². The molecule has 2 aliphatic rings. The fourth-order valence-corrected chi connectivity index (χ4v) is 5.11. The van der Waals surface area contributed by atoms with Crippen LogP contribution in [-0.4, -0.2) is 82.4 Å². The van der Waals surface area contributed by atoms with Crippen molar-refractivity contribution in [3.8, 4) is 0 Å². The molecule has 13 heteroatoms. The third-order valence-electron chi connectivity index (χ3n) is 7.73. The number of hydrogen-bond donors (Lipinski definition) is 3. The minimum Gasteiger partial charge on any atom is -0.465 e. The number of fused-ring (bicyclic) bond motifs is 3. The standard InChI is InChI=1S/C35H48N2O11/c1-5-6-7-8-9-16-29(40)44-20-13-12-15-26(39)31(42)33-34(48-35(43)36-24(4)38)32-27(46-32)19-18-22(2)21-28-37-25(23(3)45-28)14-10-11-17-30(41)47-33/h10-12,14-15,17,21,26-27,31-34,39,42H,5-9,13,16,18-20H2,1-4H3,(H,36,38,43). The summed E-state index contributed by atoms with van der Waals surface area (Å²) in [5.74, 6) is -0.871. The maximum Gasteiger partial charge on any atom is 0.414 e. The summed E-state index contributed by atoms with van der Waals surface area (Å²) in [5.41, 5.74) is 1.52. The van der Waals surface area contributed by atoms with Gasteiger partial charge in [0.15, 0.2) is 12.2 Å². The zero-order valence-electron chi connectivity index (χ0n) is 28.1. The van der Waals surface area contributed by atoms with Crippen LogP contribution in [0.3, 0.4) is 0 Å². The first kappa shape index (κ1) is 38.4. The highest BCUT2D eigenvalue weighted by Crippen LogP contribution is 2.36. The summed E-state index contributed by atoms with van der Waals surface area (Å²) < 4.78 is 27.8. The molecule has 3 heterocycles. The van der Waals surface area contributed by atoms with Crippen molar-refractivity contribution in [3.05, 3.63) is 53.3 Å². The number of epoxide rings is 1. The molecule has 2 amide bonds. The van der Waals surface area contributed by atoms with E-state index in [1.54, 1.807) is 25.2 Å². The summed E-state index contributed by atoms with van der Waals surface area (Å²) in [6, 6.07) is 0. The summed E-state index contributed by atoms with van der Waals surface area (Å²) in [6.07, 6.45) is 8.25. The number of aliphatic hydroxyl groups is 2. The lowest BCUT2D eigenvalue weighted by atomic mass is 9.97. The van der Waals surface area contributed by atoms with Gasteiger partial charge in [0.25, 0.3) is 0 Å². The molecule has 2 bridgehead atoms. The number of aliphatic hydroxyl groups excluding tert-OH is 2. The van der Waals surface area contributed by atoms with Gasteiger partial charge in [-0.15, -0.1) is 0 Å². The van der Waals surface area contributed by atoms with Crippen LogP contribution in [0, 0.1) is 6.92 Å². The van der Waals surface area contributed by atoms with E-state index in [9.17, 15) is 29.4 Å². The first-order valence-electron chi connectivity index (χ1n) is 16.5. The second-order valence-corrected chi connectivity index (χ2v) is 11.9. The molecule has 6 unspecified atom stereocenters. The number of alkyl carbamates (subject to hydrolysis) is 1. The van der Waals surface area contributed by atoms with Gasteiger partial charge in [0.2, 0.25) is 11.8 Å². The van der Waals surface area contributed by atoms with E-state index in [1.165, 1.54) is 18.2 Å². The third-order valence-corrected chi connectivity index (χ3v) is 7.73. The highest BCUT2D eigenvalue weighted by atomic mass is 16.7. The van der Waals surface area contributed by atoms with Gasteiger partial charge in [-0.25, -0.2) is 14.6 Å². The molecule has 1 aromatic heterocycles. The molecule has 1 saturated heterocycles. The van der Waals surface area contributed by atoms with Crippen molar-refractivity contribution >= 4 is 36.1 Å². The number of nitrogens with one attached hydrogen (secondary N) is 1. The Bertz CT molecular complexity index is 1360. The van der Waals surface area contributed by atoms with Crippen LogP contribution in [-0.2, 0) is 33.3 Å². The Hall–Kier alpha value is -4.07. The van der Waals surface area contributed by atoms with Gasteiger partial charge in [-0.1, -0.05) is 62.5 Å². The second kappa shape index (κ2) is 19.7. The topological polar surface area (TPSA) is 187 Å². The predicted octanol–water partition coefficient (Wildman–Crippen LogP) is 4.64. The van der Waals surface area contributed by atoms with Crippen LogP contribution >= 0.6 is 0 Å². The molecule has 2 aliphatic heterocycles. The monoisotopic (exact) mass is 672 g/mol. The number of aromatic nitrogens is 1. The summed E-state index contributed by atoms with van der Waals surface area (Å²) in [6.45, 7) is 7.01. The fourth-order valence-electron chi connectivity index (χ4n) is 5.11. The normalized spacial score (nSPS) is 22.5. The number of aryl methyl sites for hydroxylation is 1. The zero-order valence-corrected chi connectivity index (χ0v) is 28.1. The summed E-state index contributed by atoms with van der Waals surface area (Å²) >= 11 is 0. The number of amides is 2. The van der Waals surface area contributed by atoms with E-state index in [-0.39, 0.29) is 19.0 Å². The number of cyclic esters (lactones) is 1. The van der Waals surface area contributed by atoms with Gasteiger partial charge in [-0.3, -0.25) is 14.9 Å². The van der Waals surface area contributed by atoms with E-state index in [1.807, 2.05) is 12.2 Å². The predicted molar refractivity (Wildman–Crippen MR) is 175 cm³/mol. The summed E-state index contributed by atoms with van der Waals surface area (Å²) in [4.78, 5) is 53.4. The first-order chi connectivity index (χ1) is 23.0. The summed E-state index contributed by atoms with van der Waals surface area (Å²) in [7, 11) is 0. The molecular formula is C35H48N2O11. The van der Waals surface area contributed by atoms with Gasteiger partial charge in [-0.2, -0.15) is 0 Å². The van der Waals surface area contributed by atoms with Crippen LogP contribution in [0.4, 0.5) is 4.79 Å². The van der Waals surface area contributed by atoms with Gasteiger partial charge in [0.1, 0.15) is 29.8 Å². The average Bonchev–Trinajstić information content (AvgIpc) is 3.72. The Kier molecular flexibility index (Phi) is 15.7. The minimum atomic E-state index is -1.78. The van der Waals surface area contributed by atoms with Crippen molar-refractivity contribution in [3.63, 3.8) is 0 Å². The number of hydrogen-bond acceptors (Lipinski definition) is 12. The number of rotatable bonds is 13. The van der Waals surface area contributed by atoms with Crippen LogP contribution in [0.5, 0.6) is 0 Å². The van der Waals surface area contributed by atoms with E-state index < -0.39 is 54.6 Å². The van der Waals surface area contributed by atoms with Crippen molar-refractivity contribution in [2.24, 2.45) is 0 Å². The highest BCUT2D eigenvalue weighted by molar-refractivity contribution is 5.90. The lowest BCUT2D eigenvalue weighted by molar-refractivity contribution is -0.166. The number of oxazole rings is 1. The molecule has 48 heavy (non-hydrogen) atoms. The minimum absolute atomic E-state index is 0.0847. The summed E-state index contributed by atoms with van der Waals surface area (Å²) in [5, 5.41) is 24.1. The van der Waals surface area contributed by atoms with Crippen molar-refractivity contribution in [1.82, 2.24) is 10.3 Å². The molecular weight excluding hydrogens is 624 g/mol. The maximum atomic E-state index is 12.9. The van der Waals surface area contributed by atoms with E-state index in [2.05, 4.69) is 11.9 Å². The maximum absolute atomic E-state index is 12.9. The number of imide groups is 1. The number of ether oxygens (including phenoxy) is 4. The quantitative estimate of drug-likeness (QED) is 0.0868. The van der Waals surface area contributed by atoms with Crippen LogP contribution in [0.25, 0.3) is 12.2 Å². The number of nitrogens with zero attached hydrogens (tertiary/aromatic N) is 1. The Morgan fingerprint density at radius 3 is 2.62 bits per heavy atom. The van der Waals surface area contributed by atoms with Gasteiger partial charge in [0.05, 0.1) is 12.7 Å². The zero-order chi connectivity index (χ0) is 35.1. The highest BCUT2D eigenvalue weighted by Gasteiger charge is 2.53. The lowest BCUT2D eigenvalue weighted by Crippen LogP contribution is -2.51. The molecule has 6 atom stereocenters. The smallest absolute Gasteiger partial charge is 0.414 e. The second-order valence-electron chi connectivity index (χ2n) is 11.9. The van der Waals surface area contributed by atoms with Crippen molar-refractivity contribution in [2.75, 3.05) is 6.61 Å². The average molecular weight is 673 g/mol. The van der Waals surface area contributed by atoms with E-state index in [4.69, 9.17) is 23.4 Å². The Morgan fingerprint density at radius 2 is 1.88 bits per heavy atom. The van der Waals surface area contributed by atoms with Crippen LogP contribution in [0.1, 0.15) is 95.9 Å². The number of carbonyl (C=O) groups is 4. The van der Waals surface area contributed by atoms with Gasteiger partial charge in [0, 0.05) is 19.4 Å². The number of allylic oxidation sites excluding steroid dienone is 3. The van der Waals surface area contributed by atoms with Gasteiger partial charge in [-0.05, 0) is 51.7 Å². The molecule has 0 aromatic carbocycles. The Morgan fingerprint density at radius 1 is 1.12 bits per heavy atom. The van der Waals surface area contributed by atoms with E-state index >= 15 is 0 Å². The molecule has 3 rings (SSSR count). The van der Waals surface area contributed by atoms with E-state index in [0.717, 1.165) is 50.7 Å². The third kappa shape index (κ3) is 13.2. The lowest BCUT2D eigenvalue weighted by Gasteiger charge is -2.30. The number of unbranched alkanes of at least 4 members (excludes halogenated alkanes) is 4. The number of esters is 2. The van der Waals surface area contributed by atoms with Crippen molar-refractivity contribution < 1.29 is 52.8 Å². The molecule has 264 valence electrons. The Balaban J connectivity index is 1.75. The van der Waals surface area contributed by atoms with Crippen LogP contribution in [0.2, 0.25) is 0 Å². The first-order valence-corrected chi connectivity index (χ1v) is 16.5. The van der Waals surface area contributed by atoms with Crippen molar-refractivity contribution in [1.29, 1.82) is 0 Å². The molecule has 3 N–H and O–H groups in total. The largest absolute Gasteiger partial charge is 0.465 e. The van der Waals surface area contributed by atoms with Gasteiger partial charge < -0.3 is 33.6 Å². The van der Waals surface area contributed by atoms with Crippen LogP contribution in [0.15, 0.2) is 40.4 Å². The van der Waals surface area contributed by atoms with Crippen molar-refractivity contribution in [2.45, 2.75) is 122 Å². The molecule has 0 aliphatic carbocycles. The fraction of sp³-hybridized carbons (Fsp3) is 0.571. The van der Waals surface area contributed by atoms with E-state index in [0.29, 0.717) is 36.6 Å². The molecule has 1 aromatic rings. The SMILES string of the molecule is CCCCCCCC(=O)OCCC=CC(O)C(O)C1OC(=O)C=CC=Cc2nc(oc2C)C=C(C)CCC2OC2C1OC(=O)NC(C)=O. The molecule has 0 saturated carbocycles. The molecule has 13 nitrogen and oxygen atoms in total. The molecule has 0 radical (unpaired) electrons. The Labute approximate surface area is 281 Å². The molecule has 1 fully saturated rings. The van der Waals surface area contributed by atoms with Crippen LogP contribution < -0.4 is 5.32 Å². The molecule has 0 spiro atoms.